The molecule has 0 amide bonds. The van der Waals surface area contributed by atoms with E-state index in [1.54, 1.807) is 7.11 Å². The Balaban J connectivity index is 1.87. The number of rotatable bonds is 5. The maximum atomic E-state index is 6.42. The van der Waals surface area contributed by atoms with Crippen molar-refractivity contribution in [2.24, 2.45) is 4.99 Å². The molecule has 0 atom stereocenters. The van der Waals surface area contributed by atoms with Crippen molar-refractivity contribution in [2.75, 3.05) is 20.2 Å². The zero-order chi connectivity index (χ0) is 16.2. The summed E-state index contributed by atoms with van der Waals surface area (Å²) in [5.74, 6) is 1.82. The first-order chi connectivity index (χ1) is 11.2. The molecule has 0 aliphatic carbocycles. The first-order valence-electron chi connectivity index (χ1n) is 7.57. The smallest absolute Gasteiger partial charge is 0.130 e. The third-order valence-corrected chi connectivity index (χ3v) is 4.73. The molecule has 23 heavy (non-hydrogen) atoms. The van der Waals surface area contributed by atoms with Crippen molar-refractivity contribution in [3.8, 4) is 5.75 Å². The lowest BCUT2D eigenvalue weighted by Crippen LogP contribution is -2.21. The van der Waals surface area contributed by atoms with Crippen LogP contribution in [0.25, 0.3) is 0 Å². The van der Waals surface area contributed by atoms with Crippen molar-refractivity contribution in [1.29, 1.82) is 0 Å². The summed E-state index contributed by atoms with van der Waals surface area (Å²) in [6.07, 6.45) is 1.76. The number of aryl methyl sites for hydroxylation is 2. The Morgan fingerprint density at radius 3 is 2.78 bits per heavy atom. The molecule has 1 aliphatic heterocycles. The van der Waals surface area contributed by atoms with Crippen LogP contribution in [0.5, 0.6) is 5.75 Å². The maximum Gasteiger partial charge on any atom is 0.130 e. The van der Waals surface area contributed by atoms with Crippen LogP contribution in [0.15, 0.2) is 45.9 Å². The minimum atomic E-state index is 0.747. The number of hydrogen-bond donors (Lipinski definition) is 1. The fourth-order valence-corrected chi connectivity index (χ4v) is 3.51. The van der Waals surface area contributed by atoms with Crippen LogP contribution in [0, 0.1) is 0 Å². The molecular formula is C18H18BrClN2O. The van der Waals surface area contributed by atoms with Crippen molar-refractivity contribution >= 4 is 33.4 Å². The van der Waals surface area contributed by atoms with Gasteiger partial charge in [0, 0.05) is 16.6 Å². The number of hydrogen-bond acceptors (Lipinski definition) is 3. The lowest BCUT2D eigenvalue weighted by Gasteiger charge is -2.13. The normalized spacial score (nSPS) is 13.6. The summed E-state index contributed by atoms with van der Waals surface area (Å²) in [7, 11) is 1.70. The highest BCUT2D eigenvalue weighted by molar-refractivity contribution is 9.10. The lowest BCUT2D eigenvalue weighted by molar-refractivity contribution is 0.409. The average molecular weight is 394 g/mol. The number of nitrogens with one attached hydrogen (secondary N) is 1. The highest BCUT2D eigenvalue weighted by atomic mass is 79.9. The Morgan fingerprint density at radius 1 is 1.22 bits per heavy atom. The number of amidine groups is 1. The van der Waals surface area contributed by atoms with Crippen LogP contribution in [0.2, 0.25) is 5.02 Å². The van der Waals surface area contributed by atoms with Crippen LogP contribution < -0.4 is 10.1 Å². The van der Waals surface area contributed by atoms with Crippen LogP contribution in [0.4, 0.5) is 0 Å². The van der Waals surface area contributed by atoms with E-state index in [9.17, 15) is 0 Å². The van der Waals surface area contributed by atoms with E-state index in [4.69, 9.17) is 16.3 Å². The molecule has 1 N–H and O–H groups in total. The van der Waals surface area contributed by atoms with Gasteiger partial charge in [0.15, 0.2) is 0 Å². The van der Waals surface area contributed by atoms with Gasteiger partial charge in [-0.1, -0.05) is 39.7 Å². The topological polar surface area (TPSA) is 33.6 Å². The first-order valence-corrected chi connectivity index (χ1v) is 8.74. The first kappa shape index (κ1) is 16.3. The van der Waals surface area contributed by atoms with Gasteiger partial charge in [-0.3, -0.25) is 4.99 Å². The predicted octanol–water partition coefficient (Wildman–Crippen LogP) is 4.25. The van der Waals surface area contributed by atoms with Gasteiger partial charge in [0.2, 0.25) is 0 Å². The van der Waals surface area contributed by atoms with Gasteiger partial charge < -0.3 is 10.1 Å². The zero-order valence-electron chi connectivity index (χ0n) is 12.9. The molecule has 1 aliphatic rings. The van der Waals surface area contributed by atoms with Gasteiger partial charge in [0.1, 0.15) is 11.6 Å². The molecule has 0 aromatic heterocycles. The highest BCUT2D eigenvalue weighted by Crippen LogP contribution is 2.27. The monoisotopic (exact) mass is 392 g/mol. The molecule has 0 saturated heterocycles. The number of benzene rings is 2. The van der Waals surface area contributed by atoms with E-state index in [1.807, 2.05) is 24.3 Å². The van der Waals surface area contributed by atoms with E-state index in [0.29, 0.717) is 0 Å². The molecule has 120 valence electrons. The Labute approximate surface area is 149 Å². The molecule has 0 unspecified atom stereocenters. The standard InChI is InChI=1S/C18H18BrClN2O/c1-23-16-8-7-14(19)11-13(16)6-5-12-3-2-4-15(20)17(12)18-21-9-10-22-18/h2-4,7-8,11H,5-6,9-10H2,1H3,(H,21,22). The van der Waals surface area contributed by atoms with Crippen LogP contribution in [0.3, 0.4) is 0 Å². The summed E-state index contributed by atoms with van der Waals surface area (Å²) in [5, 5.41) is 4.06. The van der Waals surface area contributed by atoms with E-state index in [2.05, 4.69) is 38.4 Å². The fourth-order valence-electron chi connectivity index (χ4n) is 2.82. The summed E-state index contributed by atoms with van der Waals surface area (Å²) in [4.78, 5) is 4.52. The fraction of sp³-hybridized carbons (Fsp3) is 0.278. The number of ether oxygens (including phenoxy) is 1. The van der Waals surface area contributed by atoms with Crippen LogP contribution in [0.1, 0.15) is 16.7 Å². The second kappa shape index (κ2) is 7.37. The van der Waals surface area contributed by atoms with E-state index in [1.165, 1.54) is 11.1 Å². The molecule has 2 aromatic rings. The number of nitrogens with zero attached hydrogens (tertiary/aromatic N) is 1. The Morgan fingerprint density at radius 2 is 2.04 bits per heavy atom. The van der Waals surface area contributed by atoms with Crippen LogP contribution in [-0.2, 0) is 12.8 Å². The Bertz CT molecular complexity index is 746. The number of methoxy groups -OCH3 is 1. The lowest BCUT2D eigenvalue weighted by atomic mass is 9.98. The van der Waals surface area contributed by atoms with Crippen molar-refractivity contribution in [1.82, 2.24) is 5.32 Å². The summed E-state index contributed by atoms with van der Waals surface area (Å²) < 4.78 is 6.52. The van der Waals surface area contributed by atoms with Gasteiger partial charge in [-0.15, -0.1) is 0 Å². The van der Waals surface area contributed by atoms with Gasteiger partial charge in [-0.05, 0) is 48.2 Å². The van der Waals surface area contributed by atoms with Gasteiger partial charge >= 0.3 is 0 Å². The average Bonchev–Trinajstić information content (AvgIpc) is 3.07. The SMILES string of the molecule is COc1ccc(Br)cc1CCc1cccc(Cl)c1C1=NCCN1. The zero-order valence-corrected chi connectivity index (χ0v) is 15.2. The second-order valence-electron chi connectivity index (χ2n) is 5.39. The molecule has 0 bridgehead atoms. The molecule has 0 radical (unpaired) electrons. The van der Waals surface area contributed by atoms with Gasteiger partial charge in [-0.25, -0.2) is 0 Å². The van der Waals surface area contributed by atoms with Crippen molar-refractivity contribution < 1.29 is 4.74 Å². The largest absolute Gasteiger partial charge is 0.496 e. The summed E-state index contributed by atoms with van der Waals surface area (Å²) in [6.45, 7) is 1.68. The number of aliphatic imine (C=N–C) groups is 1. The molecule has 3 rings (SSSR count). The number of halogens is 2. The third kappa shape index (κ3) is 3.70. The minimum absolute atomic E-state index is 0.747. The van der Waals surface area contributed by atoms with Crippen molar-refractivity contribution in [2.45, 2.75) is 12.8 Å². The van der Waals surface area contributed by atoms with Gasteiger partial charge in [-0.2, -0.15) is 0 Å². The summed E-state index contributed by atoms with van der Waals surface area (Å²) >= 11 is 9.95. The highest BCUT2D eigenvalue weighted by Gasteiger charge is 2.16. The maximum absolute atomic E-state index is 6.42. The quantitative estimate of drug-likeness (QED) is 0.824. The summed E-state index contributed by atoms with van der Waals surface area (Å²) in [6, 6.07) is 12.1. The molecule has 3 nitrogen and oxygen atoms in total. The predicted molar refractivity (Wildman–Crippen MR) is 99.0 cm³/mol. The summed E-state index contributed by atoms with van der Waals surface area (Å²) in [5.41, 5.74) is 3.41. The molecular weight excluding hydrogens is 376 g/mol. The van der Waals surface area contributed by atoms with E-state index in [0.717, 1.165) is 52.6 Å². The molecule has 2 aromatic carbocycles. The minimum Gasteiger partial charge on any atom is -0.496 e. The van der Waals surface area contributed by atoms with Crippen LogP contribution >= 0.6 is 27.5 Å². The van der Waals surface area contributed by atoms with Gasteiger partial charge in [0.25, 0.3) is 0 Å². The van der Waals surface area contributed by atoms with Gasteiger partial charge in [0.05, 0.1) is 18.7 Å². The molecule has 0 saturated carbocycles. The second-order valence-corrected chi connectivity index (χ2v) is 6.71. The van der Waals surface area contributed by atoms with Crippen LogP contribution in [-0.4, -0.2) is 26.0 Å². The Kier molecular flexibility index (Phi) is 5.23. The molecule has 1 heterocycles. The van der Waals surface area contributed by atoms with E-state index >= 15 is 0 Å². The third-order valence-electron chi connectivity index (χ3n) is 3.92. The van der Waals surface area contributed by atoms with E-state index in [-0.39, 0.29) is 0 Å². The molecule has 0 spiro atoms. The molecule has 5 heteroatoms. The molecule has 0 fully saturated rings. The van der Waals surface area contributed by atoms with Crippen molar-refractivity contribution in [3.05, 3.63) is 62.6 Å². The van der Waals surface area contributed by atoms with E-state index < -0.39 is 0 Å². The van der Waals surface area contributed by atoms with Crippen molar-refractivity contribution in [3.63, 3.8) is 0 Å². The Hall–Kier alpha value is -1.52.